The Hall–Kier alpha value is -2.74. The minimum absolute atomic E-state index is 0.804. The maximum Gasteiger partial charge on any atom is 0.0400 e. The van der Waals surface area contributed by atoms with Crippen molar-refractivity contribution < 1.29 is 0 Å². The number of fused-ring (bicyclic) bond motifs is 5. The lowest BCUT2D eigenvalue weighted by molar-refractivity contribution is 1.53. The Morgan fingerprint density at radius 2 is 1.09 bits per heavy atom. The third kappa shape index (κ3) is 1.61. The first-order chi connectivity index (χ1) is 10.6. The largest absolute Gasteiger partial charge is 0.398 e. The van der Waals surface area contributed by atoms with Crippen molar-refractivity contribution in [3.63, 3.8) is 0 Å². The van der Waals surface area contributed by atoms with Crippen LogP contribution < -0.4 is 11.5 Å². The maximum absolute atomic E-state index is 6.28. The number of rotatable bonds is 0. The average molecular weight is 286 g/mol. The molecule has 0 aliphatic rings. The number of hydrogen-bond donors (Lipinski definition) is 2. The quantitative estimate of drug-likeness (QED) is 0.356. The van der Waals surface area contributed by atoms with Crippen LogP contribution in [-0.4, -0.2) is 0 Å². The van der Waals surface area contributed by atoms with Crippen molar-refractivity contribution in [2.45, 2.75) is 13.8 Å². The second-order valence-electron chi connectivity index (χ2n) is 6.02. The van der Waals surface area contributed by atoms with Crippen molar-refractivity contribution in [1.82, 2.24) is 0 Å². The standard InChI is InChI=1S/C20H18N2/c1-11-5-3-7-14-16(21)9-13-10-17(22)15-8-4-6-12(2)19(15)20(13)18(11)14/h3-10H,21-22H2,1-2H3. The molecule has 4 aromatic rings. The molecule has 0 aliphatic carbocycles. The summed E-state index contributed by atoms with van der Waals surface area (Å²) in [6, 6.07) is 16.7. The molecule has 0 bridgehead atoms. The summed E-state index contributed by atoms with van der Waals surface area (Å²) >= 11 is 0. The van der Waals surface area contributed by atoms with Crippen LogP contribution in [0.25, 0.3) is 32.3 Å². The van der Waals surface area contributed by atoms with E-state index in [1.165, 1.54) is 27.3 Å². The molecule has 4 N–H and O–H groups in total. The van der Waals surface area contributed by atoms with Gasteiger partial charge in [-0.1, -0.05) is 36.4 Å². The van der Waals surface area contributed by atoms with E-state index in [2.05, 4.69) is 50.2 Å². The second kappa shape index (κ2) is 4.38. The molecule has 4 aromatic carbocycles. The molecule has 0 heterocycles. The summed E-state index contributed by atoms with van der Waals surface area (Å²) < 4.78 is 0. The molecule has 0 aliphatic heterocycles. The molecular weight excluding hydrogens is 268 g/mol. The monoisotopic (exact) mass is 286 g/mol. The highest BCUT2D eigenvalue weighted by Crippen LogP contribution is 2.40. The summed E-state index contributed by atoms with van der Waals surface area (Å²) in [5.41, 5.74) is 16.7. The second-order valence-corrected chi connectivity index (χ2v) is 6.02. The average Bonchev–Trinajstić information content (AvgIpc) is 2.48. The van der Waals surface area contributed by atoms with E-state index in [0.29, 0.717) is 0 Å². The van der Waals surface area contributed by atoms with Crippen LogP contribution >= 0.6 is 0 Å². The van der Waals surface area contributed by atoms with Gasteiger partial charge in [0.2, 0.25) is 0 Å². The third-order valence-electron chi connectivity index (χ3n) is 4.58. The van der Waals surface area contributed by atoms with Gasteiger partial charge >= 0.3 is 0 Å². The van der Waals surface area contributed by atoms with Gasteiger partial charge in [-0.25, -0.2) is 0 Å². The fraction of sp³-hybridized carbons (Fsp3) is 0.100. The molecule has 0 spiro atoms. The first-order valence-corrected chi connectivity index (χ1v) is 7.47. The fourth-order valence-corrected chi connectivity index (χ4v) is 3.57. The number of nitrogens with two attached hydrogens (primary N) is 2. The molecule has 0 saturated carbocycles. The molecule has 4 rings (SSSR count). The molecule has 0 amide bonds. The summed E-state index contributed by atoms with van der Waals surface area (Å²) in [5.74, 6) is 0. The lowest BCUT2D eigenvalue weighted by atomic mass is 9.90. The first-order valence-electron chi connectivity index (χ1n) is 7.47. The van der Waals surface area contributed by atoms with Gasteiger partial charge in [0, 0.05) is 22.1 Å². The van der Waals surface area contributed by atoms with E-state index in [-0.39, 0.29) is 0 Å². The van der Waals surface area contributed by atoms with Crippen molar-refractivity contribution in [3.05, 3.63) is 59.7 Å². The minimum atomic E-state index is 0.804. The van der Waals surface area contributed by atoms with Gasteiger partial charge in [0.15, 0.2) is 0 Å². The van der Waals surface area contributed by atoms with Crippen LogP contribution in [0.1, 0.15) is 11.1 Å². The van der Waals surface area contributed by atoms with Crippen LogP contribution in [0.3, 0.4) is 0 Å². The number of aryl methyl sites for hydroxylation is 2. The van der Waals surface area contributed by atoms with Gasteiger partial charge in [-0.05, 0) is 58.7 Å². The van der Waals surface area contributed by atoms with E-state index in [9.17, 15) is 0 Å². The van der Waals surface area contributed by atoms with E-state index in [4.69, 9.17) is 11.5 Å². The minimum Gasteiger partial charge on any atom is -0.398 e. The van der Waals surface area contributed by atoms with Crippen molar-refractivity contribution in [2.24, 2.45) is 0 Å². The SMILES string of the molecule is Cc1cccc2c(N)cc3cc(N)c4cccc(C)c4c3c12. The lowest BCUT2D eigenvalue weighted by Gasteiger charge is -2.15. The Bertz CT molecular complexity index is 979. The Balaban J connectivity index is 2.46. The molecular formula is C20H18N2. The Kier molecular flexibility index (Phi) is 2.58. The topological polar surface area (TPSA) is 52.0 Å². The van der Waals surface area contributed by atoms with Crippen LogP contribution in [-0.2, 0) is 0 Å². The number of benzene rings is 4. The molecule has 0 aromatic heterocycles. The molecule has 0 atom stereocenters. The predicted octanol–water partition coefficient (Wildman–Crippen LogP) is 4.93. The predicted molar refractivity (Wildman–Crippen MR) is 97.3 cm³/mol. The van der Waals surface area contributed by atoms with Gasteiger partial charge in [0.1, 0.15) is 0 Å². The van der Waals surface area contributed by atoms with Crippen LogP contribution in [0, 0.1) is 13.8 Å². The van der Waals surface area contributed by atoms with Crippen LogP contribution in [0.4, 0.5) is 11.4 Å². The molecule has 2 heteroatoms. The van der Waals surface area contributed by atoms with Gasteiger partial charge in [-0.15, -0.1) is 0 Å². The van der Waals surface area contributed by atoms with E-state index in [1.807, 2.05) is 12.1 Å². The Morgan fingerprint density at radius 1 is 0.636 bits per heavy atom. The zero-order chi connectivity index (χ0) is 15.4. The van der Waals surface area contributed by atoms with E-state index < -0.39 is 0 Å². The highest BCUT2D eigenvalue weighted by atomic mass is 14.6. The molecule has 0 unspecified atom stereocenters. The van der Waals surface area contributed by atoms with Crippen molar-refractivity contribution >= 4 is 43.7 Å². The molecule has 22 heavy (non-hydrogen) atoms. The lowest BCUT2D eigenvalue weighted by Crippen LogP contribution is -1.95. The first kappa shape index (κ1) is 13.0. The molecule has 108 valence electrons. The van der Waals surface area contributed by atoms with Gasteiger partial charge in [0.05, 0.1) is 0 Å². The smallest absolute Gasteiger partial charge is 0.0400 e. The fourth-order valence-electron chi connectivity index (χ4n) is 3.57. The van der Waals surface area contributed by atoms with Gasteiger partial charge in [-0.2, -0.15) is 0 Å². The maximum atomic E-state index is 6.28. The number of anilines is 2. The number of nitrogen functional groups attached to an aromatic ring is 2. The molecule has 0 fully saturated rings. The highest BCUT2D eigenvalue weighted by Gasteiger charge is 2.13. The number of hydrogen-bond acceptors (Lipinski definition) is 2. The summed E-state index contributed by atoms with van der Waals surface area (Å²) in [4.78, 5) is 0. The highest BCUT2D eigenvalue weighted by molar-refractivity contribution is 6.26. The van der Waals surface area contributed by atoms with Gasteiger partial charge in [0.25, 0.3) is 0 Å². The molecule has 2 nitrogen and oxygen atoms in total. The van der Waals surface area contributed by atoms with E-state index >= 15 is 0 Å². The van der Waals surface area contributed by atoms with E-state index in [1.54, 1.807) is 0 Å². The van der Waals surface area contributed by atoms with Crippen LogP contribution in [0.15, 0.2) is 48.5 Å². The molecule has 0 radical (unpaired) electrons. The summed E-state index contributed by atoms with van der Waals surface area (Å²) in [7, 11) is 0. The van der Waals surface area contributed by atoms with Crippen molar-refractivity contribution in [3.8, 4) is 0 Å². The zero-order valence-corrected chi connectivity index (χ0v) is 12.8. The summed E-state index contributed by atoms with van der Waals surface area (Å²) in [6.45, 7) is 4.28. The zero-order valence-electron chi connectivity index (χ0n) is 12.8. The van der Waals surface area contributed by atoms with Gasteiger partial charge in [-0.3, -0.25) is 0 Å². The van der Waals surface area contributed by atoms with E-state index in [0.717, 1.165) is 27.5 Å². The normalized spacial score (nSPS) is 11.5. The van der Waals surface area contributed by atoms with Crippen molar-refractivity contribution in [2.75, 3.05) is 11.5 Å². The van der Waals surface area contributed by atoms with Crippen LogP contribution in [0.5, 0.6) is 0 Å². The summed E-state index contributed by atoms with van der Waals surface area (Å²) in [6.07, 6.45) is 0. The van der Waals surface area contributed by atoms with Crippen LogP contribution in [0.2, 0.25) is 0 Å². The van der Waals surface area contributed by atoms with Crippen molar-refractivity contribution in [1.29, 1.82) is 0 Å². The Morgan fingerprint density at radius 3 is 1.55 bits per heavy atom. The Labute approximate surface area is 129 Å². The summed E-state index contributed by atoms with van der Waals surface area (Å²) in [5, 5.41) is 7.06. The third-order valence-corrected chi connectivity index (χ3v) is 4.58. The van der Waals surface area contributed by atoms with Gasteiger partial charge < -0.3 is 11.5 Å². The molecule has 0 saturated heterocycles.